The Labute approximate surface area is 202 Å². The van der Waals surface area contributed by atoms with Crippen molar-refractivity contribution in [3.8, 4) is 0 Å². The number of carbonyl (C=O) groups is 3. The van der Waals surface area contributed by atoms with Crippen LogP contribution in [0.5, 0.6) is 0 Å². The normalized spacial score (nSPS) is 21.9. The molecule has 2 aromatic rings. The number of aryl methyl sites for hydroxylation is 1. The van der Waals surface area contributed by atoms with Gasteiger partial charge in [-0.15, -0.1) is 28.2 Å². The van der Waals surface area contributed by atoms with Gasteiger partial charge >= 0.3 is 5.97 Å². The van der Waals surface area contributed by atoms with Crippen molar-refractivity contribution in [2.24, 2.45) is 7.05 Å². The Bertz CT molecular complexity index is 1210. The second-order valence-electron chi connectivity index (χ2n) is 6.75. The summed E-state index contributed by atoms with van der Waals surface area (Å²) in [6.07, 6.45) is 0. The van der Waals surface area contributed by atoms with E-state index in [9.17, 15) is 23.7 Å². The molecule has 174 valence electrons. The third kappa shape index (κ3) is 4.01. The molecule has 2 aromatic heterocycles. The van der Waals surface area contributed by atoms with Crippen LogP contribution in [0.2, 0.25) is 0 Å². The first-order chi connectivity index (χ1) is 15.8. The van der Waals surface area contributed by atoms with E-state index >= 15 is 0 Å². The molecular weight excluding hydrogens is 512 g/mol. The summed E-state index contributed by atoms with van der Waals surface area (Å²) < 4.78 is 18.5. The standard InChI is InChI=1S/C17H16N6O6S4/c1-22-16(19-20-21-22)32-7-8-6-31-15-17(29-2,14(27)23(15)10(8)13(25)26)18-12(24)11(33-28)9-4-3-5-30-9/h3-5,15H,6-7H2,1-2H3,(H,18,24)(H,25,26)/t15-,17+/m1/s1. The minimum absolute atomic E-state index is 0.0178. The number of methoxy groups -OCH3 is 1. The summed E-state index contributed by atoms with van der Waals surface area (Å²) in [4.78, 5) is 39.5. The molecular formula is C17H16N6O6S4. The molecule has 0 bridgehead atoms. The van der Waals surface area contributed by atoms with E-state index in [0.29, 0.717) is 15.6 Å². The fourth-order valence-corrected chi connectivity index (χ4v) is 6.99. The molecule has 16 heteroatoms. The van der Waals surface area contributed by atoms with Gasteiger partial charge in [0.1, 0.15) is 27.2 Å². The van der Waals surface area contributed by atoms with Crippen LogP contribution in [0, 0.1) is 0 Å². The maximum absolute atomic E-state index is 13.2. The van der Waals surface area contributed by atoms with E-state index in [4.69, 9.17) is 4.74 Å². The van der Waals surface area contributed by atoms with Crippen molar-refractivity contribution in [2.45, 2.75) is 16.3 Å². The number of tetrazole rings is 1. The number of nitrogens with one attached hydrogen (secondary N) is 1. The number of aromatic nitrogens is 4. The highest BCUT2D eigenvalue weighted by Gasteiger charge is 2.66. The lowest BCUT2D eigenvalue weighted by molar-refractivity contribution is -0.191. The van der Waals surface area contributed by atoms with Crippen LogP contribution in [-0.2, 0) is 37.4 Å². The molecule has 0 spiro atoms. The maximum Gasteiger partial charge on any atom is 0.352 e. The molecule has 0 aliphatic carbocycles. The number of ether oxygens (including phenoxy) is 1. The molecule has 12 nitrogen and oxygen atoms in total. The average Bonchev–Trinajstić information content (AvgIpc) is 3.47. The number of β-lactam (4-membered cyclic amide) rings is 1. The summed E-state index contributed by atoms with van der Waals surface area (Å²) >= 11 is 3.73. The lowest BCUT2D eigenvalue weighted by atomic mass is 9.98. The molecule has 4 heterocycles. The van der Waals surface area contributed by atoms with Gasteiger partial charge < -0.3 is 15.2 Å². The quantitative estimate of drug-likeness (QED) is 0.150. The van der Waals surface area contributed by atoms with E-state index in [1.807, 2.05) is 0 Å². The lowest BCUT2D eigenvalue weighted by Crippen LogP contribution is -2.81. The fraction of sp³-hybridized carbons (Fsp3) is 0.353. The predicted octanol–water partition coefficient (Wildman–Crippen LogP) is -0.490. The Balaban J connectivity index is 1.58. The molecule has 0 radical (unpaired) electrons. The first-order valence-electron chi connectivity index (χ1n) is 9.18. The molecule has 2 aliphatic heterocycles. The number of carboxylic acid groups (broad SMARTS) is 1. The van der Waals surface area contributed by atoms with Gasteiger partial charge in [-0.3, -0.25) is 14.5 Å². The Morgan fingerprint density at radius 3 is 2.82 bits per heavy atom. The van der Waals surface area contributed by atoms with Crippen LogP contribution in [-0.4, -0.2) is 86.8 Å². The number of carbonyl (C=O) groups excluding carboxylic acids is 2. The van der Waals surface area contributed by atoms with E-state index in [2.05, 4.69) is 20.8 Å². The minimum Gasteiger partial charge on any atom is -0.477 e. The molecule has 2 aliphatic rings. The molecule has 33 heavy (non-hydrogen) atoms. The number of hydrogen-bond acceptors (Lipinski definition) is 11. The largest absolute Gasteiger partial charge is 0.477 e. The van der Waals surface area contributed by atoms with Crippen molar-refractivity contribution in [1.82, 2.24) is 30.4 Å². The molecule has 4 rings (SSSR count). The smallest absolute Gasteiger partial charge is 0.352 e. The third-order valence-corrected chi connectivity index (χ3v) is 8.98. The Kier molecular flexibility index (Phi) is 6.71. The number of rotatable bonds is 8. The van der Waals surface area contributed by atoms with Crippen molar-refractivity contribution in [3.05, 3.63) is 33.7 Å². The van der Waals surface area contributed by atoms with Crippen molar-refractivity contribution in [1.29, 1.82) is 0 Å². The SMILES string of the molecule is CO[C@@]1(NC(=O)C(=S=O)c2cccs2)C(=O)N2C(C(=O)O)=C(CSc3nnnn3C)CS[C@@H]21. The summed E-state index contributed by atoms with van der Waals surface area (Å²) in [7, 11) is 2.92. The van der Waals surface area contributed by atoms with Crippen LogP contribution in [0.15, 0.2) is 33.9 Å². The van der Waals surface area contributed by atoms with Crippen LogP contribution in [0.25, 0.3) is 0 Å². The van der Waals surface area contributed by atoms with E-state index < -0.39 is 28.9 Å². The van der Waals surface area contributed by atoms with Gasteiger partial charge in [0.05, 0.1) is 4.88 Å². The summed E-state index contributed by atoms with van der Waals surface area (Å²) in [5, 5.41) is 24.9. The Hall–Kier alpha value is -2.53. The van der Waals surface area contributed by atoms with Gasteiger partial charge in [0.2, 0.25) is 5.16 Å². The van der Waals surface area contributed by atoms with Crippen LogP contribution < -0.4 is 5.32 Å². The van der Waals surface area contributed by atoms with Gasteiger partial charge in [-0.1, -0.05) is 17.8 Å². The van der Waals surface area contributed by atoms with Crippen LogP contribution in [0.4, 0.5) is 0 Å². The maximum atomic E-state index is 13.2. The zero-order chi connectivity index (χ0) is 23.8. The zero-order valence-electron chi connectivity index (χ0n) is 17.1. The summed E-state index contributed by atoms with van der Waals surface area (Å²) in [5.41, 5.74) is -1.43. The monoisotopic (exact) mass is 528 g/mol. The first kappa shape index (κ1) is 23.6. The number of nitrogens with zero attached hydrogens (tertiary/aromatic N) is 5. The van der Waals surface area contributed by atoms with Crippen LogP contribution in [0.1, 0.15) is 4.88 Å². The first-order valence-corrected chi connectivity index (χ1v) is 12.8. The molecule has 0 aromatic carbocycles. The fourth-order valence-electron chi connectivity index (χ4n) is 3.37. The second-order valence-corrected chi connectivity index (χ2v) is 10.3. The van der Waals surface area contributed by atoms with Crippen LogP contribution in [0.3, 0.4) is 0 Å². The summed E-state index contributed by atoms with van der Waals surface area (Å²) in [6.45, 7) is 0. The van der Waals surface area contributed by atoms with Gasteiger partial charge in [-0.05, 0) is 27.4 Å². The lowest BCUT2D eigenvalue weighted by Gasteiger charge is -2.55. The number of fused-ring (bicyclic) bond motifs is 1. The van der Waals surface area contributed by atoms with Crippen molar-refractivity contribution < 1.29 is 28.4 Å². The van der Waals surface area contributed by atoms with Crippen LogP contribution >= 0.6 is 34.9 Å². The number of amides is 2. The van der Waals surface area contributed by atoms with E-state index in [1.54, 1.807) is 24.6 Å². The third-order valence-electron chi connectivity index (χ3n) is 4.93. The van der Waals surface area contributed by atoms with E-state index in [1.165, 1.54) is 46.7 Å². The van der Waals surface area contributed by atoms with E-state index in [-0.39, 0.29) is 33.3 Å². The molecule has 0 saturated carbocycles. The predicted molar refractivity (Wildman–Crippen MR) is 122 cm³/mol. The zero-order valence-corrected chi connectivity index (χ0v) is 20.3. The average molecular weight is 529 g/mol. The second kappa shape index (κ2) is 9.38. The van der Waals surface area contributed by atoms with Gasteiger partial charge in [-0.2, -0.15) is 0 Å². The molecule has 1 fully saturated rings. The van der Waals surface area contributed by atoms with Gasteiger partial charge in [0.15, 0.2) is 0 Å². The number of thioether (sulfide) groups is 2. The molecule has 2 N–H and O–H groups in total. The topological polar surface area (TPSA) is 157 Å². The van der Waals surface area contributed by atoms with Crippen molar-refractivity contribution >= 4 is 68.8 Å². The Morgan fingerprint density at radius 2 is 2.24 bits per heavy atom. The number of aliphatic carboxylic acids is 1. The van der Waals surface area contributed by atoms with Crippen molar-refractivity contribution in [2.75, 3.05) is 18.6 Å². The molecule has 0 unspecified atom stereocenters. The molecule has 1 saturated heterocycles. The summed E-state index contributed by atoms with van der Waals surface area (Å²) in [6, 6.07) is 3.32. The number of thiophene rings is 1. The van der Waals surface area contributed by atoms with E-state index in [0.717, 1.165) is 4.90 Å². The van der Waals surface area contributed by atoms with Gasteiger partial charge in [-0.25, -0.2) is 13.7 Å². The van der Waals surface area contributed by atoms with Gasteiger partial charge in [0, 0.05) is 25.7 Å². The highest BCUT2D eigenvalue weighted by molar-refractivity contribution is 8.01. The Morgan fingerprint density at radius 1 is 1.45 bits per heavy atom. The highest BCUT2D eigenvalue weighted by atomic mass is 32.2. The number of hydrogen-bond donors (Lipinski definition) is 2. The van der Waals surface area contributed by atoms with Gasteiger partial charge in [0.25, 0.3) is 17.5 Å². The minimum atomic E-state index is -1.78. The molecule has 2 atom stereocenters. The summed E-state index contributed by atoms with van der Waals surface area (Å²) in [5.74, 6) is -2.21. The van der Waals surface area contributed by atoms with Crippen molar-refractivity contribution in [3.63, 3.8) is 0 Å². The molecule has 2 amide bonds. The number of carboxylic acids is 1. The highest BCUT2D eigenvalue weighted by Crippen LogP contribution is 2.47.